The molecule has 0 unspecified atom stereocenters. The standard InChI is InChI=1S/C20H23F2N3O3/c21-13-10-14(22)12-17(11-13)28-16-5-3-15(4-6-16)25-20(26)19-18(27-9-7-23)2-1-8-24-19/h1-2,8,10-12,15-16H,3-7,9,23H2,(H,25,26). The maximum absolute atomic E-state index is 13.3. The molecule has 28 heavy (non-hydrogen) atoms. The Hall–Kier alpha value is -2.74. The number of halogens is 2. The van der Waals surface area contributed by atoms with Crippen molar-refractivity contribution in [3.63, 3.8) is 0 Å². The van der Waals surface area contributed by atoms with E-state index in [0.29, 0.717) is 44.6 Å². The molecule has 0 radical (unpaired) electrons. The zero-order valence-electron chi connectivity index (χ0n) is 15.4. The smallest absolute Gasteiger partial charge is 0.273 e. The number of nitrogens with one attached hydrogen (secondary N) is 1. The van der Waals surface area contributed by atoms with Gasteiger partial charge in [-0.05, 0) is 37.8 Å². The first-order valence-corrected chi connectivity index (χ1v) is 9.26. The molecule has 0 atom stereocenters. The van der Waals surface area contributed by atoms with E-state index in [2.05, 4.69) is 10.3 Å². The minimum absolute atomic E-state index is 0.0269. The van der Waals surface area contributed by atoms with E-state index in [9.17, 15) is 13.6 Å². The summed E-state index contributed by atoms with van der Waals surface area (Å²) in [6, 6.07) is 6.49. The number of amides is 1. The molecule has 0 bridgehead atoms. The number of carbonyl (C=O) groups excluding carboxylic acids is 1. The van der Waals surface area contributed by atoms with Gasteiger partial charge in [-0.3, -0.25) is 4.79 Å². The molecule has 6 nitrogen and oxygen atoms in total. The van der Waals surface area contributed by atoms with Crippen molar-refractivity contribution in [2.24, 2.45) is 5.73 Å². The van der Waals surface area contributed by atoms with E-state index < -0.39 is 11.6 Å². The van der Waals surface area contributed by atoms with Crippen LogP contribution < -0.4 is 20.5 Å². The number of ether oxygens (including phenoxy) is 2. The molecule has 3 N–H and O–H groups in total. The summed E-state index contributed by atoms with van der Waals surface area (Å²) >= 11 is 0. The fourth-order valence-electron chi connectivity index (χ4n) is 3.21. The van der Waals surface area contributed by atoms with Crippen molar-refractivity contribution < 1.29 is 23.0 Å². The first-order valence-electron chi connectivity index (χ1n) is 9.26. The maximum atomic E-state index is 13.3. The highest BCUT2D eigenvalue weighted by molar-refractivity contribution is 5.95. The zero-order valence-corrected chi connectivity index (χ0v) is 15.4. The summed E-state index contributed by atoms with van der Waals surface area (Å²) in [5.41, 5.74) is 5.66. The number of hydrogen-bond acceptors (Lipinski definition) is 5. The van der Waals surface area contributed by atoms with E-state index in [1.165, 1.54) is 18.3 Å². The number of benzene rings is 1. The molecule has 1 aliphatic carbocycles. The molecule has 1 aromatic carbocycles. The Morgan fingerprint density at radius 3 is 2.57 bits per heavy atom. The normalized spacial score (nSPS) is 19.1. The second-order valence-electron chi connectivity index (χ2n) is 6.66. The van der Waals surface area contributed by atoms with Gasteiger partial charge in [0.25, 0.3) is 5.91 Å². The van der Waals surface area contributed by atoms with E-state index in [0.717, 1.165) is 6.07 Å². The lowest BCUT2D eigenvalue weighted by atomic mass is 9.92. The third-order valence-electron chi connectivity index (χ3n) is 4.51. The molecule has 3 rings (SSSR count). The van der Waals surface area contributed by atoms with Crippen molar-refractivity contribution in [1.82, 2.24) is 10.3 Å². The van der Waals surface area contributed by atoms with Crippen LogP contribution in [0.4, 0.5) is 8.78 Å². The van der Waals surface area contributed by atoms with Crippen molar-refractivity contribution in [3.8, 4) is 11.5 Å². The van der Waals surface area contributed by atoms with Gasteiger partial charge in [-0.25, -0.2) is 13.8 Å². The molecule has 0 saturated heterocycles. The van der Waals surface area contributed by atoms with Crippen molar-refractivity contribution in [1.29, 1.82) is 0 Å². The molecule has 1 aliphatic rings. The number of nitrogens with zero attached hydrogens (tertiary/aromatic N) is 1. The first kappa shape index (κ1) is 20.0. The Morgan fingerprint density at radius 2 is 1.89 bits per heavy atom. The fourth-order valence-corrected chi connectivity index (χ4v) is 3.21. The average Bonchev–Trinajstić information content (AvgIpc) is 2.67. The molecule has 1 heterocycles. The summed E-state index contributed by atoms with van der Waals surface area (Å²) in [5, 5.41) is 2.97. The highest BCUT2D eigenvalue weighted by Crippen LogP contribution is 2.25. The molecule has 1 fully saturated rings. The average molecular weight is 391 g/mol. The minimum Gasteiger partial charge on any atom is -0.490 e. The molecule has 1 saturated carbocycles. The van der Waals surface area contributed by atoms with Gasteiger partial charge in [-0.1, -0.05) is 0 Å². The van der Waals surface area contributed by atoms with Crippen LogP contribution in [0.3, 0.4) is 0 Å². The Morgan fingerprint density at radius 1 is 1.18 bits per heavy atom. The number of rotatable bonds is 7. The van der Waals surface area contributed by atoms with Crippen LogP contribution in [0.15, 0.2) is 36.5 Å². The van der Waals surface area contributed by atoms with Gasteiger partial charge in [0, 0.05) is 37.0 Å². The number of nitrogens with two attached hydrogens (primary N) is 1. The van der Waals surface area contributed by atoms with Crippen LogP contribution in [-0.4, -0.2) is 36.2 Å². The first-order chi connectivity index (χ1) is 13.5. The zero-order chi connectivity index (χ0) is 19.9. The number of carbonyl (C=O) groups is 1. The summed E-state index contributed by atoms with van der Waals surface area (Å²) < 4.78 is 37.7. The summed E-state index contributed by atoms with van der Waals surface area (Å²) in [5.74, 6) is -1.06. The third kappa shape index (κ3) is 5.39. The predicted octanol–water partition coefficient (Wildman–Crippen LogP) is 2.82. The lowest BCUT2D eigenvalue weighted by Gasteiger charge is -2.29. The Bertz CT molecular complexity index is 791. The molecule has 0 aliphatic heterocycles. The Labute approximate surface area is 162 Å². The van der Waals surface area contributed by atoms with Crippen LogP contribution >= 0.6 is 0 Å². The molecule has 1 aromatic heterocycles. The molecule has 2 aromatic rings. The number of aromatic nitrogens is 1. The van der Waals surface area contributed by atoms with E-state index in [-0.39, 0.29) is 29.5 Å². The van der Waals surface area contributed by atoms with Gasteiger partial charge in [0.1, 0.15) is 24.0 Å². The monoisotopic (exact) mass is 391 g/mol. The highest BCUT2D eigenvalue weighted by atomic mass is 19.1. The minimum atomic E-state index is -0.668. The van der Waals surface area contributed by atoms with Gasteiger partial charge in [0.05, 0.1) is 6.10 Å². The van der Waals surface area contributed by atoms with Crippen molar-refractivity contribution in [3.05, 3.63) is 53.9 Å². The summed E-state index contributed by atoms with van der Waals surface area (Å²) in [6.45, 7) is 0.643. The second-order valence-corrected chi connectivity index (χ2v) is 6.66. The number of pyridine rings is 1. The number of hydrogen-bond donors (Lipinski definition) is 2. The molecule has 8 heteroatoms. The SMILES string of the molecule is NCCOc1cccnc1C(=O)NC1CCC(Oc2cc(F)cc(F)c2)CC1. The van der Waals surface area contributed by atoms with Crippen LogP contribution in [0.1, 0.15) is 36.2 Å². The molecular formula is C20H23F2N3O3. The van der Waals surface area contributed by atoms with E-state index >= 15 is 0 Å². The molecule has 150 valence electrons. The van der Waals surface area contributed by atoms with Gasteiger partial charge < -0.3 is 20.5 Å². The summed E-state index contributed by atoms with van der Waals surface area (Å²) in [4.78, 5) is 16.7. The fraction of sp³-hybridized carbons (Fsp3) is 0.400. The van der Waals surface area contributed by atoms with Gasteiger partial charge >= 0.3 is 0 Å². The van der Waals surface area contributed by atoms with E-state index in [4.69, 9.17) is 15.2 Å². The molecular weight excluding hydrogens is 368 g/mol. The largest absolute Gasteiger partial charge is 0.490 e. The van der Waals surface area contributed by atoms with Gasteiger partial charge in [0.2, 0.25) is 0 Å². The highest BCUT2D eigenvalue weighted by Gasteiger charge is 2.25. The van der Waals surface area contributed by atoms with E-state index in [1.54, 1.807) is 12.1 Å². The Kier molecular flexibility index (Phi) is 6.76. The predicted molar refractivity (Wildman–Crippen MR) is 99.3 cm³/mol. The summed E-state index contributed by atoms with van der Waals surface area (Å²) in [7, 11) is 0. The topological polar surface area (TPSA) is 86.5 Å². The third-order valence-corrected chi connectivity index (χ3v) is 4.51. The maximum Gasteiger partial charge on any atom is 0.273 e. The quantitative estimate of drug-likeness (QED) is 0.758. The van der Waals surface area contributed by atoms with Gasteiger partial charge in [-0.15, -0.1) is 0 Å². The van der Waals surface area contributed by atoms with Crippen molar-refractivity contribution in [2.75, 3.05) is 13.2 Å². The van der Waals surface area contributed by atoms with Crippen LogP contribution in [0, 0.1) is 11.6 Å². The molecule has 1 amide bonds. The van der Waals surface area contributed by atoms with Crippen molar-refractivity contribution in [2.45, 2.75) is 37.8 Å². The van der Waals surface area contributed by atoms with Crippen molar-refractivity contribution >= 4 is 5.91 Å². The van der Waals surface area contributed by atoms with Crippen LogP contribution in [0.25, 0.3) is 0 Å². The lowest BCUT2D eigenvalue weighted by Crippen LogP contribution is -2.40. The second kappa shape index (κ2) is 9.45. The van der Waals surface area contributed by atoms with E-state index in [1.807, 2.05) is 0 Å². The van der Waals surface area contributed by atoms with Crippen LogP contribution in [0.5, 0.6) is 11.5 Å². The Balaban J connectivity index is 1.52. The lowest BCUT2D eigenvalue weighted by molar-refractivity contribution is 0.0884. The van der Waals surface area contributed by atoms with Gasteiger partial charge in [0.15, 0.2) is 11.4 Å². The van der Waals surface area contributed by atoms with Gasteiger partial charge in [-0.2, -0.15) is 0 Å². The molecule has 0 spiro atoms. The van der Waals surface area contributed by atoms with Crippen LogP contribution in [0.2, 0.25) is 0 Å². The summed E-state index contributed by atoms with van der Waals surface area (Å²) in [6.07, 6.45) is 4.12. The van der Waals surface area contributed by atoms with Crippen LogP contribution in [-0.2, 0) is 0 Å².